The number of carbonyl (C=O) groups is 1. The Bertz CT molecular complexity index is 1220. The van der Waals surface area contributed by atoms with Crippen molar-refractivity contribution in [3.63, 3.8) is 0 Å². The summed E-state index contributed by atoms with van der Waals surface area (Å²) < 4.78 is 27.7. The van der Waals surface area contributed by atoms with Crippen LogP contribution in [0.3, 0.4) is 0 Å². The molecule has 0 atom stereocenters. The number of nitrogens with one attached hydrogen (secondary N) is 2. The second-order valence-electron chi connectivity index (χ2n) is 6.72. The number of benzene rings is 1. The number of aryl methyl sites for hydroxylation is 2. The first-order valence-corrected chi connectivity index (χ1v) is 12.4. The molecule has 0 aliphatic rings. The highest BCUT2D eigenvalue weighted by molar-refractivity contribution is 7.99. The van der Waals surface area contributed by atoms with Gasteiger partial charge in [0.05, 0.1) is 16.1 Å². The summed E-state index contributed by atoms with van der Waals surface area (Å²) in [5.41, 5.74) is 1.08. The maximum absolute atomic E-state index is 12.7. The molecule has 0 fully saturated rings. The van der Waals surface area contributed by atoms with Gasteiger partial charge in [0.2, 0.25) is 0 Å². The molecular formula is C20H21ClN6O3S2. The zero-order chi connectivity index (χ0) is 23.3. The van der Waals surface area contributed by atoms with Crippen LogP contribution in [0.15, 0.2) is 46.6 Å². The van der Waals surface area contributed by atoms with E-state index in [2.05, 4.69) is 30.0 Å². The smallest absolute Gasteiger partial charge is 0.275 e. The standard InChI is InChI=1S/C20H21ClN6O3S2/c1-4-9-31-20-22-11-16(21)18(26-20)19(28)25-14-5-7-15(8-6-14)32(29,30)27-17-10-12(2)23-13(3)24-17/h5-8,10-11H,4,9H2,1-3H3,(H,25,28)(H,23,24,27). The molecule has 0 aliphatic heterocycles. The molecule has 3 rings (SSSR count). The van der Waals surface area contributed by atoms with Gasteiger partial charge in [0.25, 0.3) is 15.9 Å². The van der Waals surface area contributed by atoms with E-state index in [1.165, 1.54) is 48.3 Å². The quantitative estimate of drug-likeness (QED) is 0.355. The minimum atomic E-state index is -3.86. The Morgan fingerprint density at radius 1 is 1.12 bits per heavy atom. The molecule has 168 valence electrons. The van der Waals surface area contributed by atoms with Gasteiger partial charge in [-0.05, 0) is 44.5 Å². The van der Waals surface area contributed by atoms with Crippen molar-refractivity contribution in [3.05, 3.63) is 58.8 Å². The van der Waals surface area contributed by atoms with Gasteiger partial charge in [0, 0.05) is 23.2 Å². The monoisotopic (exact) mass is 492 g/mol. The average Bonchev–Trinajstić information content (AvgIpc) is 2.72. The first kappa shape index (κ1) is 23.9. The van der Waals surface area contributed by atoms with E-state index in [9.17, 15) is 13.2 Å². The van der Waals surface area contributed by atoms with E-state index in [1.54, 1.807) is 13.8 Å². The maximum atomic E-state index is 12.7. The van der Waals surface area contributed by atoms with Crippen molar-refractivity contribution in [3.8, 4) is 0 Å². The van der Waals surface area contributed by atoms with E-state index >= 15 is 0 Å². The summed E-state index contributed by atoms with van der Waals surface area (Å²) >= 11 is 7.51. The third-order valence-electron chi connectivity index (χ3n) is 4.00. The van der Waals surface area contributed by atoms with E-state index in [0.717, 1.165) is 12.2 Å². The molecule has 1 amide bonds. The first-order chi connectivity index (χ1) is 15.2. The highest BCUT2D eigenvalue weighted by Crippen LogP contribution is 2.21. The lowest BCUT2D eigenvalue weighted by Gasteiger charge is -2.10. The number of anilines is 2. The molecule has 3 aromatic rings. The Morgan fingerprint density at radius 2 is 1.84 bits per heavy atom. The first-order valence-electron chi connectivity index (χ1n) is 9.60. The molecule has 12 heteroatoms. The third-order valence-corrected chi connectivity index (χ3v) is 6.71. The van der Waals surface area contributed by atoms with Gasteiger partial charge in [-0.15, -0.1) is 0 Å². The second kappa shape index (κ2) is 10.2. The Kier molecular flexibility index (Phi) is 7.64. The topological polar surface area (TPSA) is 127 Å². The number of nitrogens with zero attached hydrogens (tertiary/aromatic N) is 4. The minimum Gasteiger partial charge on any atom is -0.321 e. The lowest BCUT2D eigenvalue weighted by atomic mass is 10.3. The van der Waals surface area contributed by atoms with E-state index in [1.807, 2.05) is 6.92 Å². The lowest BCUT2D eigenvalue weighted by Crippen LogP contribution is -2.16. The van der Waals surface area contributed by atoms with Crippen molar-refractivity contribution in [1.29, 1.82) is 0 Å². The predicted octanol–water partition coefficient (Wildman–Crippen LogP) is 4.09. The van der Waals surface area contributed by atoms with Crippen LogP contribution in [0.4, 0.5) is 11.5 Å². The Hall–Kier alpha value is -2.76. The molecule has 0 spiro atoms. The highest BCUT2D eigenvalue weighted by atomic mass is 35.5. The SMILES string of the molecule is CCCSc1ncc(Cl)c(C(=O)Nc2ccc(S(=O)(=O)Nc3cc(C)nc(C)n3)cc2)n1. The number of rotatable bonds is 8. The highest BCUT2D eigenvalue weighted by Gasteiger charge is 2.18. The fourth-order valence-corrected chi connectivity index (χ4v) is 4.49. The van der Waals surface area contributed by atoms with Gasteiger partial charge in [-0.3, -0.25) is 9.52 Å². The number of halogens is 1. The normalized spacial score (nSPS) is 11.2. The minimum absolute atomic E-state index is 0.0164. The van der Waals surface area contributed by atoms with Crippen molar-refractivity contribution >= 4 is 50.8 Å². The fourth-order valence-electron chi connectivity index (χ4n) is 2.65. The van der Waals surface area contributed by atoms with Crippen molar-refractivity contribution in [2.24, 2.45) is 0 Å². The number of carbonyl (C=O) groups excluding carboxylic acids is 1. The molecule has 0 aliphatic carbocycles. The zero-order valence-corrected chi connectivity index (χ0v) is 20.0. The fraction of sp³-hybridized carbons (Fsp3) is 0.250. The van der Waals surface area contributed by atoms with Gasteiger partial charge in [0.15, 0.2) is 10.9 Å². The number of aromatic nitrogens is 4. The van der Waals surface area contributed by atoms with Crippen molar-refractivity contribution in [2.75, 3.05) is 15.8 Å². The van der Waals surface area contributed by atoms with Gasteiger partial charge in [-0.25, -0.2) is 28.4 Å². The number of hydrogen-bond donors (Lipinski definition) is 2. The van der Waals surface area contributed by atoms with Crippen LogP contribution >= 0.6 is 23.4 Å². The van der Waals surface area contributed by atoms with Crippen LogP contribution in [0.2, 0.25) is 5.02 Å². The number of thioether (sulfide) groups is 1. The second-order valence-corrected chi connectivity index (χ2v) is 9.88. The average molecular weight is 493 g/mol. The van der Waals surface area contributed by atoms with Crippen LogP contribution in [0.25, 0.3) is 0 Å². The van der Waals surface area contributed by atoms with Crippen molar-refractivity contribution in [2.45, 2.75) is 37.2 Å². The summed E-state index contributed by atoms with van der Waals surface area (Å²) in [5.74, 6) is 0.945. The van der Waals surface area contributed by atoms with Gasteiger partial charge in [0.1, 0.15) is 11.6 Å². The number of hydrogen-bond acceptors (Lipinski definition) is 8. The van der Waals surface area contributed by atoms with Crippen molar-refractivity contribution < 1.29 is 13.2 Å². The zero-order valence-electron chi connectivity index (χ0n) is 17.6. The maximum Gasteiger partial charge on any atom is 0.275 e. The molecule has 1 aromatic carbocycles. The van der Waals surface area contributed by atoms with E-state index in [0.29, 0.717) is 22.4 Å². The summed E-state index contributed by atoms with van der Waals surface area (Å²) in [6.07, 6.45) is 2.33. The molecule has 0 radical (unpaired) electrons. The molecule has 9 nitrogen and oxygen atoms in total. The van der Waals surface area contributed by atoms with Gasteiger partial charge < -0.3 is 5.32 Å². The van der Waals surface area contributed by atoms with Crippen LogP contribution < -0.4 is 10.0 Å². The van der Waals surface area contributed by atoms with Crippen LogP contribution in [0.5, 0.6) is 0 Å². The Morgan fingerprint density at radius 3 is 2.50 bits per heavy atom. The summed E-state index contributed by atoms with van der Waals surface area (Å²) in [4.78, 5) is 29.2. The van der Waals surface area contributed by atoms with Gasteiger partial charge in [-0.1, -0.05) is 30.3 Å². The van der Waals surface area contributed by atoms with Crippen LogP contribution in [-0.4, -0.2) is 40.0 Å². The molecule has 32 heavy (non-hydrogen) atoms. The molecule has 0 bridgehead atoms. The van der Waals surface area contributed by atoms with Crippen molar-refractivity contribution in [1.82, 2.24) is 19.9 Å². The predicted molar refractivity (Wildman–Crippen MR) is 125 cm³/mol. The Balaban J connectivity index is 1.73. The third kappa shape index (κ3) is 6.15. The largest absolute Gasteiger partial charge is 0.321 e. The molecule has 2 heterocycles. The van der Waals surface area contributed by atoms with Crippen LogP contribution in [0.1, 0.15) is 35.4 Å². The molecular weight excluding hydrogens is 472 g/mol. The van der Waals surface area contributed by atoms with Crippen LogP contribution in [0, 0.1) is 13.8 Å². The van der Waals surface area contributed by atoms with Gasteiger partial charge in [-0.2, -0.15) is 0 Å². The number of sulfonamides is 1. The summed E-state index contributed by atoms with van der Waals surface area (Å²) in [7, 11) is -3.86. The summed E-state index contributed by atoms with van der Waals surface area (Å²) in [6.45, 7) is 5.46. The Labute approximate surface area is 195 Å². The number of amides is 1. The van der Waals surface area contributed by atoms with E-state index in [4.69, 9.17) is 11.6 Å². The molecule has 0 saturated heterocycles. The molecule has 2 aromatic heterocycles. The molecule has 0 unspecified atom stereocenters. The van der Waals surface area contributed by atoms with E-state index < -0.39 is 15.9 Å². The molecule has 2 N–H and O–H groups in total. The van der Waals surface area contributed by atoms with Crippen LogP contribution in [-0.2, 0) is 10.0 Å². The van der Waals surface area contributed by atoms with Gasteiger partial charge >= 0.3 is 0 Å². The lowest BCUT2D eigenvalue weighted by molar-refractivity contribution is 0.102. The van der Waals surface area contributed by atoms with E-state index in [-0.39, 0.29) is 21.4 Å². The summed E-state index contributed by atoms with van der Waals surface area (Å²) in [6, 6.07) is 7.25. The molecule has 0 saturated carbocycles. The summed E-state index contributed by atoms with van der Waals surface area (Å²) in [5, 5.41) is 3.26.